The molecule has 132 valence electrons. The fourth-order valence-electron chi connectivity index (χ4n) is 3.37. The second-order valence-corrected chi connectivity index (χ2v) is 8.07. The van der Waals surface area contributed by atoms with Gasteiger partial charge in [0, 0.05) is 42.0 Å². The maximum Gasteiger partial charge on any atom is 0.147 e. The third kappa shape index (κ3) is 4.03. The third-order valence-corrected chi connectivity index (χ3v) is 5.61. The number of rotatable bonds is 7. The summed E-state index contributed by atoms with van der Waals surface area (Å²) in [6.07, 6.45) is 2.54. The number of β-amino-alcohol motifs (C(OH)–C–C–N with tert-alkyl or cyclic N) is 1. The fraction of sp³-hybridized carbons (Fsp3) is 0.647. The number of hydrogen-bond donors (Lipinski definition) is 1. The first-order chi connectivity index (χ1) is 11.6. The molecule has 2 aromatic rings. The molecule has 3 rings (SSSR count). The second kappa shape index (κ2) is 7.74. The van der Waals surface area contributed by atoms with Crippen LogP contribution in [0, 0.1) is 6.92 Å². The molecule has 1 N–H and O–H groups in total. The highest BCUT2D eigenvalue weighted by molar-refractivity contribution is 7.11. The normalized spacial score (nSPS) is 21.9. The summed E-state index contributed by atoms with van der Waals surface area (Å²) in [6.45, 7) is 8.48. The van der Waals surface area contributed by atoms with Crippen molar-refractivity contribution in [3.8, 4) is 0 Å². The van der Waals surface area contributed by atoms with Crippen molar-refractivity contribution >= 4 is 11.3 Å². The maximum absolute atomic E-state index is 10.5. The maximum atomic E-state index is 10.5. The van der Waals surface area contributed by atoms with E-state index in [0.717, 1.165) is 38.4 Å². The molecule has 2 atom stereocenters. The van der Waals surface area contributed by atoms with Crippen molar-refractivity contribution in [2.24, 2.45) is 0 Å². The molecule has 0 aliphatic carbocycles. The van der Waals surface area contributed by atoms with Crippen LogP contribution in [0.1, 0.15) is 28.9 Å². The van der Waals surface area contributed by atoms with E-state index in [1.807, 2.05) is 11.3 Å². The molecule has 3 heterocycles. The number of aromatic nitrogens is 3. The first-order valence-electron chi connectivity index (χ1n) is 8.59. The van der Waals surface area contributed by atoms with E-state index in [9.17, 15) is 5.11 Å². The highest BCUT2D eigenvalue weighted by Gasteiger charge is 2.34. The van der Waals surface area contributed by atoms with Gasteiger partial charge in [-0.1, -0.05) is 6.92 Å². The van der Waals surface area contributed by atoms with E-state index in [-0.39, 0.29) is 12.1 Å². The minimum atomic E-state index is -0.321. The predicted octanol–water partition coefficient (Wildman–Crippen LogP) is 1.74. The van der Waals surface area contributed by atoms with Gasteiger partial charge in [0.15, 0.2) is 0 Å². The molecule has 0 aromatic carbocycles. The van der Waals surface area contributed by atoms with Crippen LogP contribution < -0.4 is 0 Å². The average molecular weight is 350 g/mol. The van der Waals surface area contributed by atoms with Gasteiger partial charge in [-0.2, -0.15) is 0 Å². The Balaban J connectivity index is 1.58. The van der Waals surface area contributed by atoms with Crippen molar-refractivity contribution in [3.63, 3.8) is 0 Å². The lowest BCUT2D eigenvalue weighted by atomic mass is 10.2. The van der Waals surface area contributed by atoms with E-state index in [1.165, 1.54) is 9.75 Å². The highest BCUT2D eigenvalue weighted by atomic mass is 32.1. The van der Waals surface area contributed by atoms with Crippen LogP contribution >= 0.6 is 11.3 Å². The topological polar surface area (TPSA) is 57.4 Å². The van der Waals surface area contributed by atoms with Gasteiger partial charge in [0.25, 0.3) is 0 Å². The van der Waals surface area contributed by atoms with Crippen LogP contribution in [0.15, 0.2) is 18.5 Å². The number of nitrogens with zero attached hydrogens (tertiary/aromatic N) is 5. The molecule has 1 fully saturated rings. The minimum absolute atomic E-state index is 0.137. The van der Waals surface area contributed by atoms with Crippen molar-refractivity contribution in [2.75, 3.05) is 20.1 Å². The second-order valence-electron chi connectivity index (χ2n) is 6.70. The molecule has 0 bridgehead atoms. The zero-order valence-electron chi connectivity index (χ0n) is 14.7. The fourth-order valence-corrected chi connectivity index (χ4v) is 4.30. The van der Waals surface area contributed by atoms with Crippen molar-refractivity contribution in [3.05, 3.63) is 34.0 Å². The summed E-state index contributed by atoms with van der Waals surface area (Å²) in [7, 11) is 2.07. The molecule has 7 heteroatoms. The number of aliphatic hydroxyl groups excluding tert-OH is 1. The summed E-state index contributed by atoms with van der Waals surface area (Å²) in [6, 6.07) is 4.49. The van der Waals surface area contributed by atoms with Crippen LogP contribution in [0.25, 0.3) is 0 Å². The smallest absolute Gasteiger partial charge is 0.147 e. The van der Waals surface area contributed by atoms with Gasteiger partial charge < -0.3 is 9.67 Å². The highest BCUT2D eigenvalue weighted by Crippen LogP contribution is 2.22. The Morgan fingerprint density at radius 2 is 2.21 bits per heavy atom. The number of likely N-dealkylation sites (N-methyl/N-ethyl adjacent to an activating group) is 1. The number of thiophene rings is 1. The summed E-state index contributed by atoms with van der Waals surface area (Å²) in [5, 5.41) is 18.8. The van der Waals surface area contributed by atoms with Crippen molar-refractivity contribution in [1.82, 2.24) is 24.6 Å². The van der Waals surface area contributed by atoms with E-state index in [1.54, 1.807) is 6.33 Å². The molecule has 1 saturated heterocycles. The SMILES string of the molecule is CCCn1cnnc1CN(C)[C@H]1CN(Cc2ccc(C)s2)C[C@@H]1O. The zero-order chi connectivity index (χ0) is 17.1. The van der Waals surface area contributed by atoms with Gasteiger partial charge in [0.1, 0.15) is 12.2 Å². The van der Waals surface area contributed by atoms with E-state index in [0.29, 0.717) is 6.54 Å². The van der Waals surface area contributed by atoms with Crippen LogP contribution in [0.5, 0.6) is 0 Å². The molecule has 0 saturated carbocycles. The molecule has 1 aliphatic rings. The van der Waals surface area contributed by atoms with Crippen LogP contribution in [0.2, 0.25) is 0 Å². The lowest BCUT2D eigenvalue weighted by Gasteiger charge is -2.26. The van der Waals surface area contributed by atoms with Gasteiger partial charge in [0.2, 0.25) is 0 Å². The number of likely N-dealkylation sites (tertiary alicyclic amines) is 1. The standard InChI is InChI=1S/C17H27N5OS/c1-4-7-22-12-18-19-17(22)11-20(3)15-9-21(10-16(15)23)8-14-6-5-13(2)24-14/h5-6,12,15-16,23H,4,7-11H2,1-3H3/t15-,16-/m0/s1. The van der Waals surface area contributed by atoms with Gasteiger partial charge in [-0.3, -0.25) is 9.80 Å². The van der Waals surface area contributed by atoms with Gasteiger partial charge in [0.05, 0.1) is 12.6 Å². The Bertz CT molecular complexity index is 655. The summed E-state index contributed by atoms with van der Waals surface area (Å²) >= 11 is 1.84. The summed E-state index contributed by atoms with van der Waals surface area (Å²) in [5.74, 6) is 0.971. The summed E-state index contributed by atoms with van der Waals surface area (Å²) in [5.41, 5.74) is 0. The molecular weight excluding hydrogens is 322 g/mol. The Kier molecular flexibility index (Phi) is 5.65. The Morgan fingerprint density at radius 3 is 2.92 bits per heavy atom. The van der Waals surface area contributed by atoms with E-state index < -0.39 is 0 Å². The molecule has 0 amide bonds. The lowest BCUT2D eigenvalue weighted by molar-refractivity contribution is 0.0928. The Hall–Kier alpha value is -1.28. The summed E-state index contributed by atoms with van der Waals surface area (Å²) in [4.78, 5) is 7.26. The van der Waals surface area contributed by atoms with Crippen molar-refractivity contribution < 1.29 is 5.11 Å². The molecular formula is C17H27N5OS. The van der Waals surface area contributed by atoms with Crippen molar-refractivity contribution in [2.45, 2.75) is 52.0 Å². The first-order valence-corrected chi connectivity index (χ1v) is 9.41. The van der Waals surface area contributed by atoms with Crippen LogP contribution in [0.3, 0.4) is 0 Å². The Morgan fingerprint density at radius 1 is 1.38 bits per heavy atom. The molecule has 6 nitrogen and oxygen atoms in total. The first kappa shape index (κ1) is 17.5. The lowest BCUT2D eigenvalue weighted by Crippen LogP contribution is -2.40. The van der Waals surface area contributed by atoms with Crippen LogP contribution in [0.4, 0.5) is 0 Å². The number of aryl methyl sites for hydroxylation is 2. The molecule has 0 spiro atoms. The van der Waals surface area contributed by atoms with E-state index in [2.05, 4.69) is 57.6 Å². The van der Waals surface area contributed by atoms with E-state index >= 15 is 0 Å². The molecule has 24 heavy (non-hydrogen) atoms. The minimum Gasteiger partial charge on any atom is -0.390 e. The molecule has 0 unspecified atom stereocenters. The largest absolute Gasteiger partial charge is 0.390 e. The van der Waals surface area contributed by atoms with Gasteiger partial charge in [-0.25, -0.2) is 0 Å². The summed E-state index contributed by atoms with van der Waals surface area (Å²) < 4.78 is 2.10. The number of aliphatic hydroxyl groups is 1. The monoisotopic (exact) mass is 349 g/mol. The average Bonchev–Trinajstić information content (AvgIpc) is 3.22. The van der Waals surface area contributed by atoms with Gasteiger partial charge >= 0.3 is 0 Å². The zero-order valence-corrected chi connectivity index (χ0v) is 15.5. The molecule has 2 aromatic heterocycles. The predicted molar refractivity (Wildman–Crippen MR) is 95.9 cm³/mol. The molecule has 1 aliphatic heterocycles. The van der Waals surface area contributed by atoms with Gasteiger partial charge in [-0.15, -0.1) is 21.5 Å². The van der Waals surface area contributed by atoms with Gasteiger partial charge in [-0.05, 0) is 32.5 Å². The molecule has 0 radical (unpaired) electrons. The van der Waals surface area contributed by atoms with E-state index in [4.69, 9.17) is 0 Å². The third-order valence-electron chi connectivity index (χ3n) is 4.63. The van der Waals surface area contributed by atoms with Crippen LogP contribution in [-0.2, 0) is 19.6 Å². The van der Waals surface area contributed by atoms with Crippen LogP contribution in [-0.4, -0.2) is 62.0 Å². The quantitative estimate of drug-likeness (QED) is 0.825. The van der Waals surface area contributed by atoms with Crippen molar-refractivity contribution in [1.29, 1.82) is 0 Å². The Labute approximate surface area is 147 Å². The number of hydrogen-bond acceptors (Lipinski definition) is 6.